The van der Waals surface area contributed by atoms with Crippen LogP contribution in [0.1, 0.15) is 18.4 Å². The van der Waals surface area contributed by atoms with Crippen molar-refractivity contribution in [2.24, 2.45) is 5.92 Å². The lowest BCUT2D eigenvalue weighted by atomic mass is 10.1. The summed E-state index contributed by atoms with van der Waals surface area (Å²) in [6.07, 6.45) is 1.97. The van der Waals surface area contributed by atoms with Crippen LogP contribution in [0.4, 0.5) is 5.69 Å². The molecule has 6 heteroatoms. The van der Waals surface area contributed by atoms with Gasteiger partial charge in [-0.05, 0) is 31.4 Å². The SMILES string of the molecule is COc1cc2nc(-c3ccc(C)c(NC(=O)C4CC4)c3)[nH]c2cc1OC. The van der Waals surface area contributed by atoms with Gasteiger partial charge in [0.1, 0.15) is 5.82 Å². The summed E-state index contributed by atoms with van der Waals surface area (Å²) in [5.41, 5.74) is 4.43. The van der Waals surface area contributed by atoms with Gasteiger partial charge in [-0.3, -0.25) is 4.79 Å². The lowest BCUT2D eigenvalue weighted by Crippen LogP contribution is -2.14. The fraction of sp³-hybridized carbons (Fsp3) is 0.300. The lowest BCUT2D eigenvalue weighted by Gasteiger charge is -2.09. The van der Waals surface area contributed by atoms with E-state index in [0.29, 0.717) is 11.5 Å². The predicted octanol–water partition coefficient (Wildman–Crippen LogP) is 3.90. The Balaban J connectivity index is 1.71. The minimum atomic E-state index is 0.101. The van der Waals surface area contributed by atoms with Gasteiger partial charge in [-0.15, -0.1) is 0 Å². The van der Waals surface area contributed by atoms with Gasteiger partial charge in [-0.1, -0.05) is 12.1 Å². The number of imidazole rings is 1. The summed E-state index contributed by atoms with van der Waals surface area (Å²) in [7, 11) is 3.21. The predicted molar refractivity (Wildman–Crippen MR) is 101 cm³/mol. The smallest absolute Gasteiger partial charge is 0.227 e. The number of aromatic nitrogens is 2. The molecule has 1 heterocycles. The second-order valence-corrected chi connectivity index (χ2v) is 6.60. The van der Waals surface area contributed by atoms with Gasteiger partial charge >= 0.3 is 0 Å². The molecule has 4 rings (SSSR count). The number of carbonyl (C=O) groups excluding carboxylic acids is 1. The van der Waals surface area contributed by atoms with Crippen LogP contribution in [0.5, 0.6) is 11.5 Å². The van der Waals surface area contributed by atoms with Crippen LogP contribution in [0.15, 0.2) is 30.3 Å². The van der Waals surface area contributed by atoms with Crippen molar-refractivity contribution in [3.8, 4) is 22.9 Å². The standard InChI is InChI=1S/C20H21N3O3/c1-11-4-5-13(8-14(11)23-20(24)12-6-7-12)19-21-15-9-17(25-2)18(26-3)10-16(15)22-19/h4-5,8-10,12H,6-7H2,1-3H3,(H,21,22)(H,23,24). The van der Waals surface area contributed by atoms with E-state index in [1.807, 2.05) is 37.3 Å². The number of aryl methyl sites for hydroxylation is 1. The van der Waals surface area contributed by atoms with Crippen LogP contribution in [0, 0.1) is 12.8 Å². The summed E-state index contributed by atoms with van der Waals surface area (Å²) in [6, 6.07) is 9.66. The molecule has 2 aromatic carbocycles. The van der Waals surface area contributed by atoms with Gasteiger partial charge in [0.2, 0.25) is 5.91 Å². The molecule has 26 heavy (non-hydrogen) atoms. The van der Waals surface area contributed by atoms with Crippen molar-refractivity contribution in [2.75, 3.05) is 19.5 Å². The Morgan fingerprint density at radius 3 is 2.58 bits per heavy atom. The maximum atomic E-state index is 12.1. The first kappa shape index (κ1) is 16.4. The number of rotatable bonds is 5. The van der Waals surface area contributed by atoms with E-state index in [1.54, 1.807) is 14.2 Å². The first-order valence-corrected chi connectivity index (χ1v) is 8.62. The van der Waals surface area contributed by atoms with Crippen LogP contribution in [0.2, 0.25) is 0 Å². The van der Waals surface area contributed by atoms with Crippen molar-refractivity contribution in [1.82, 2.24) is 9.97 Å². The third-order valence-corrected chi connectivity index (χ3v) is 4.70. The molecule has 0 unspecified atom stereocenters. The number of carbonyl (C=O) groups is 1. The van der Waals surface area contributed by atoms with E-state index in [9.17, 15) is 4.79 Å². The normalized spacial score (nSPS) is 13.7. The van der Waals surface area contributed by atoms with Crippen molar-refractivity contribution in [3.05, 3.63) is 35.9 Å². The molecule has 0 spiro atoms. The molecule has 6 nitrogen and oxygen atoms in total. The maximum absolute atomic E-state index is 12.1. The first-order valence-electron chi connectivity index (χ1n) is 8.62. The number of benzene rings is 2. The zero-order valence-electron chi connectivity index (χ0n) is 15.1. The number of hydrogen-bond donors (Lipinski definition) is 2. The topological polar surface area (TPSA) is 76.2 Å². The van der Waals surface area contributed by atoms with Gasteiger partial charge in [0.05, 0.1) is 25.3 Å². The van der Waals surface area contributed by atoms with Crippen molar-refractivity contribution in [3.63, 3.8) is 0 Å². The Kier molecular flexibility index (Phi) is 4.03. The highest BCUT2D eigenvalue weighted by Crippen LogP contribution is 2.34. The molecule has 0 atom stereocenters. The molecule has 2 N–H and O–H groups in total. The number of amides is 1. The Morgan fingerprint density at radius 2 is 1.88 bits per heavy atom. The molecule has 3 aromatic rings. The van der Waals surface area contributed by atoms with E-state index in [-0.39, 0.29) is 11.8 Å². The highest BCUT2D eigenvalue weighted by atomic mass is 16.5. The van der Waals surface area contributed by atoms with E-state index in [0.717, 1.165) is 46.5 Å². The van der Waals surface area contributed by atoms with Gasteiger partial charge < -0.3 is 19.8 Å². The molecule has 1 aromatic heterocycles. The molecule has 0 radical (unpaired) electrons. The maximum Gasteiger partial charge on any atom is 0.227 e. The fourth-order valence-electron chi connectivity index (χ4n) is 2.96. The lowest BCUT2D eigenvalue weighted by molar-refractivity contribution is -0.117. The summed E-state index contributed by atoms with van der Waals surface area (Å²) >= 11 is 0. The van der Waals surface area contributed by atoms with Gasteiger partial charge in [0.15, 0.2) is 11.5 Å². The van der Waals surface area contributed by atoms with Crippen LogP contribution in [0.25, 0.3) is 22.4 Å². The molecule has 134 valence electrons. The molecule has 1 fully saturated rings. The number of nitrogens with one attached hydrogen (secondary N) is 2. The molecule has 1 aliphatic rings. The molecular formula is C20H21N3O3. The first-order chi connectivity index (χ1) is 12.6. The average molecular weight is 351 g/mol. The van der Waals surface area contributed by atoms with Crippen LogP contribution in [-0.2, 0) is 4.79 Å². The van der Waals surface area contributed by atoms with E-state index in [1.165, 1.54) is 0 Å². The van der Waals surface area contributed by atoms with Crippen molar-refractivity contribution in [2.45, 2.75) is 19.8 Å². The van der Waals surface area contributed by atoms with Crippen molar-refractivity contribution < 1.29 is 14.3 Å². The molecule has 0 bridgehead atoms. The zero-order chi connectivity index (χ0) is 18.3. The Bertz CT molecular complexity index is 948. The quantitative estimate of drug-likeness (QED) is 0.731. The molecule has 1 aliphatic carbocycles. The summed E-state index contributed by atoms with van der Waals surface area (Å²) in [5, 5.41) is 3.03. The second-order valence-electron chi connectivity index (χ2n) is 6.60. The monoisotopic (exact) mass is 351 g/mol. The van der Waals surface area contributed by atoms with Gasteiger partial charge in [0.25, 0.3) is 0 Å². The molecular weight excluding hydrogens is 330 g/mol. The summed E-state index contributed by atoms with van der Waals surface area (Å²) in [6.45, 7) is 1.99. The van der Waals surface area contributed by atoms with E-state index >= 15 is 0 Å². The second kappa shape index (κ2) is 6.37. The molecule has 0 saturated heterocycles. The Morgan fingerprint density at radius 1 is 1.15 bits per heavy atom. The van der Waals surface area contributed by atoms with Crippen molar-refractivity contribution >= 4 is 22.6 Å². The summed E-state index contributed by atoms with van der Waals surface area (Å²) in [4.78, 5) is 20.1. The van der Waals surface area contributed by atoms with Gasteiger partial charge in [0, 0.05) is 29.3 Å². The molecule has 0 aliphatic heterocycles. The largest absolute Gasteiger partial charge is 0.493 e. The highest BCUT2D eigenvalue weighted by molar-refractivity contribution is 5.95. The minimum absolute atomic E-state index is 0.101. The van der Waals surface area contributed by atoms with E-state index in [2.05, 4.69) is 15.3 Å². The van der Waals surface area contributed by atoms with Crippen LogP contribution >= 0.6 is 0 Å². The van der Waals surface area contributed by atoms with Crippen LogP contribution in [-0.4, -0.2) is 30.1 Å². The van der Waals surface area contributed by atoms with E-state index < -0.39 is 0 Å². The number of H-pyrrole nitrogens is 1. The van der Waals surface area contributed by atoms with Gasteiger partial charge in [-0.25, -0.2) is 4.98 Å². The van der Waals surface area contributed by atoms with Crippen LogP contribution < -0.4 is 14.8 Å². The number of ether oxygens (including phenoxy) is 2. The van der Waals surface area contributed by atoms with Gasteiger partial charge in [-0.2, -0.15) is 0 Å². The third-order valence-electron chi connectivity index (χ3n) is 4.70. The number of anilines is 1. The number of fused-ring (bicyclic) bond motifs is 1. The number of aromatic amines is 1. The number of hydrogen-bond acceptors (Lipinski definition) is 4. The summed E-state index contributed by atoms with van der Waals surface area (Å²) < 4.78 is 10.7. The Labute approximate surface area is 151 Å². The number of nitrogens with zero attached hydrogens (tertiary/aromatic N) is 1. The Hall–Kier alpha value is -3.02. The third kappa shape index (κ3) is 2.98. The highest BCUT2D eigenvalue weighted by Gasteiger charge is 2.29. The average Bonchev–Trinajstić information content (AvgIpc) is 3.42. The van der Waals surface area contributed by atoms with Crippen molar-refractivity contribution in [1.29, 1.82) is 0 Å². The fourth-order valence-corrected chi connectivity index (χ4v) is 2.96. The zero-order valence-corrected chi connectivity index (χ0v) is 15.1. The van der Waals surface area contributed by atoms with Crippen LogP contribution in [0.3, 0.4) is 0 Å². The number of methoxy groups -OCH3 is 2. The molecule has 1 amide bonds. The minimum Gasteiger partial charge on any atom is -0.493 e. The van der Waals surface area contributed by atoms with E-state index in [4.69, 9.17) is 9.47 Å². The molecule has 1 saturated carbocycles. The summed E-state index contributed by atoms with van der Waals surface area (Å²) in [5.74, 6) is 2.29.